The lowest BCUT2D eigenvalue weighted by Crippen LogP contribution is -2.00. The van der Waals surface area contributed by atoms with E-state index >= 15 is 0 Å². The Morgan fingerprint density at radius 1 is 1.00 bits per heavy atom. The summed E-state index contributed by atoms with van der Waals surface area (Å²) in [6.07, 6.45) is 0.0515. The van der Waals surface area contributed by atoms with Gasteiger partial charge < -0.3 is 0 Å². The average Bonchev–Trinajstić information content (AvgIpc) is 2.32. The third kappa shape index (κ3) is 3.43. The molecule has 0 aliphatic carbocycles. The minimum absolute atomic E-state index is 0.0515. The van der Waals surface area contributed by atoms with Crippen LogP contribution < -0.4 is 0 Å². The van der Waals surface area contributed by atoms with Gasteiger partial charge in [-0.15, -0.1) is 11.6 Å². The van der Waals surface area contributed by atoms with E-state index in [9.17, 15) is 13.2 Å². The van der Waals surface area contributed by atoms with Crippen LogP contribution in [-0.2, 0) is 6.42 Å². The first-order valence-electron chi connectivity index (χ1n) is 5.50. The van der Waals surface area contributed by atoms with E-state index < -0.39 is 22.8 Å². The van der Waals surface area contributed by atoms with Crippen molar-refractivity contribution in [3.63, 3.8) is 0 Å². The maximum absolute atomic E-state index is 13.6. The van der Waals surface area contributed by atoms with Crippen LogP contribution in [0.2, 0.25) is 5.02 Å². The summed E-state index contributed by atoms with van der Waals surface area (Å²) in [6, 6.07) is 7.27. The summed E-state index contributed by atoms with van der Waals surface area (Å²) < 4.78 is 39.8. The molecule has 0 radical (unpaired) electrons. The predicted molar refractivity (Wildman–Crippen MR) is 70.1 cm³/mol. The number of benzene rings is 2. The molecule has 0 nitrogen and oxygen atoms in total. The monoisotopic (exact) mass is 304 g/mol. The minimum Gasteiger partial charge on any atom is -0.207 e. The van der Waals surface area contributed by atoms with E-state index in [2.05, 4.69) is 0 Å². The molecule has 0 aliphatic rings. The molecule has 0 N–H and O–H groups in total. The van der Waals surface area contributed by atoms with Crippen molar-refractivity contribution in [3.05, 3.63) is 70.0 Å². The van der Waals surface area contributed by atoms with Crippen molar-refractivity contribution in [1.82, 2.24) is 0 Å². The Morgan fingerprint density at radius 2 is 1.63 bits per heavy atom. The third-order valence-corrected chi connectivity index (χ3v) is 3.45. The number of halogens is 5. The molecule has 2 rings (SSSR count). The first-order chi connectivity index (χ1) is 8.97. The highest BCUT2D eigenvalue weighted by Gasteiger charge is 2.16. The van der Waals surface area contributed by atoms with Crippen LogP contribution in [0.1, 0.15) is 16.5 Å². The molecule has 1 unspecified atom stereocenters. The Kier molecular flexibility index (Phi) is 4.38. The summed E-state index contributed by atoms with van der Waals surface area (Å²) in [5.74, 6) is -1.93. The quantitative estimate of drug-likeness (QED) is 0.677. The van der Waals surface area contributed by atoms with Crippen LogP contribution in [0.4, 0.5) is 13.2 Å². The molecule has 0 heterocycles. The van der Waals surface area contributed by atoms with Gasteiger partial charge in [-0.25, -0.2) is 13.2 Å². The Bertz CT molecular complexity index is 559. The standard InChI is InChI=1S/C14H9Cl2F3/c15-12-2-1-3-14(19)11(12)7-13(16)8-4-9(17)6-10(18)5-8/h1-6,13H,7H2. The maximum atomic E-state index is 13.6. The molecule has 100 valence electrons. The van der Waals surface area contributed by atoms with Gasteiger partial charge in [0.05, 0.1) is 5.38 Å². The van der Waals surface area contributed by atoms with E-state index in [0.717, 1.165) is 18.2 Å². The zero-order valence-corrected chi connectivity index (χ0v) is 11.2. The van der Waals surface area contributed by atoms with Crippen molar-refractivity contribution >= 4 is 23.2 Å². The number of rotatable bonds is 3. The second-order valence-corrected chi connectivity index (χ2v) is 5.01. The van der Waals surface area contributed by atoms with Gasteiger partial charge in [0.25, 0.3) is 0 Å². The van der Waals surface area contributed by atoms with Gasteiger partial charge in [-0.1, -0.05) is 17.7 Å². The highest BCUT2D eigenvalue weighted by molar-refractivity contribution is 6.31. The minimum atomic E-state index is -0.764. The molecular weight excluding hydrogens is 296 g/mol. The summed E-state index contributed by atoms with van der Waals surface area (Å²) in [5, 5.41) is -0.526. The van der Waals surface area contributed by atoms with Crippen LogP contribution in [0.5, 0.6) is 0 Å². The highest BCUT2D eigenvalue weighted by atomic mass is 35.5. The second-order valence-electron chi connectivity index (χ2n) is 4.07. The summed E-state index contributed by atoms with van der Waals surface area (Å²) >= 11 is 11.9. The van der Waals surface area contributed by atoms with Crippen LogP contribution in [0.25, 0.3) is 0 Å². The molecule has 0 saturated carbocycles. The lowest BCUT2D eigenvalue weighted by atomic mass is 10.0. The molecule has 2 aromatic carbocycles. The van der Waals surface area contributed by atoms with Gasteiger partial charge in [-0.2, -0.15) is 0 Å². The number of hydrogen-bond acceptors (Lipinski definition) is 0. The molecule has 19 heavy (non-hydrogen) atoms. The van der Waals surface area contributed by atoms with Gasteiger partial charge >= 0.3 is 0 Å². The molecule has 1 atom stereocenters. The summed E-state index contributed by atoms with van der Waals surface area (Å²) in [5.41, 5.74) is 0.479. The van der Waals surface area contributed by atoms with Crippen molar-refractivity contribution in [2.45, 2.75) is 11.8 Å². The van der Waals surface area contributed by atoms with Crippen LogP contribution in [-0.4, -0.2) is 0 Å². The van der Waals surface area contributed by atoms with E-state index in [1.165, 1.54) is 18.2 Å². The van der Waals surface area contributed by atoms with Crippen molar-refractivity contribution < 1.29 is 13.2 Å². The molecule has 0 saturated heterocycles. The Hall–Kier alpha value is -1.19. The summed E-state index contributed by atoms with van der Waals surface area (Å²) in [6.45, 7) is 0. The second kappa shape index (κ2) is 5.85. The molecule has 0 aromatic heterocycles. The summed E-state index contributed by atoms with van der Waals surface area (Å²) in [4.78, 5) is 0. The van der Waals surface area contributed by atoms with Crippen LogP contribution in [0.3, 0.4) is 0 Å². The van der Waals surface area contributed by atoms with Gasteiger partial charge in [0.15, 0.2) is 0 Å². The van der Waals surface area contributed by atoms with Gasteiger partial charge in [0.2, 0.25) is 0 Å². The Morgan fingerprint density at radius 3 is 2.21 bits per heavy atom. The lowest BCUT2D eigenvalue weighted by Gasteiger charge is -2.12. The first kappa shape index (κ1) is 14.2. The molecular formula is C14H9Cl2F3. The van der Waals surface area contributed by atoms with Crippen LogP contribution >= 0.6 is 23.2 Å². The SMILES string of the molecule is Fc1cc(F)cc(C(Cl)Cc2c(F)cccc2Cl)c1. The molecule has 0 spiro atoms. The fourth-order valence-electron chi connectivity index (χ4n) is 1.78. The first-order valence-corrected chi connectivity index (χ1v) is 6.32. The molecule has 0 amide bonds. The summed E-state index contributed by atoms with van der Waals surface area (Å²) in [7, 11) is 0. The van der Waals surface area contributed by atoms with Gasteiger partial charge in [-0.3, -0.25) is 0 Å². The van der Waals surface area contributed by atoms with Crippen molar-refractivity contribution in [3.8, 4) is 0 Å². The number of alkyl halides is 1. The van der Waals surface area contributed by atoms with E-state index in [0.29, 0.717) is 0 Å². The van der Waals surface area contributed by atoms with Crippen LogP contribution in [0, 0.1) is 17.5 Å². The Labute approximate surface area is 118 Å². The van der Waals surface area contributed by atoms with E-state index in [1.807, 2.05) is 0 Å². The molecule has 2 aromatic rings. The molecule has 0 fully saturated rings. The van der Waals surface area contributed by atoms with E-state index in [1.54, 1.807) is 0 Å². The van der Waals surface area contributed by atoms with Crippen molar-refractivity contribution in [2.75, 3.05) is 0 Å². The van der Waals surface area contributed by atoms with Crippen molar-refractivity contribution in [2.24, 2.45) is 0 Å². The van der Waals surface area contributed by atoms with E-state index in [-0.39, 0.29) is 22.6 Å². The molecule has 0 aliphatic heterocycles. The fraction of sp³-hybridized carbons (Fsp3) is 0.143. The molecule has 5 heteroatoms. The predicted octanol–water partition coefficient (Wildman–Crippen LogP) is 5.28. The zero-order chi connectivity index (χ0) is 14.0. The average molecular weight is 305 g/mol. The normalized spacial score (nSPS) is 12.5. The number of hydrogen-bond donors (Lipinski definition) is 0. The maximum Gasteiger partial charge on any atom is 0.127 e. The van der Waals surface area contributed by atoms with E-state index in [4.69, 9.17) is 23.2 Å². The van der Waals surface area contributed by atoms with Gasteiger partial charge in [-0.05, 0) is 36.2 Å². The highest BCUT2D eigenvalue weighted by Crippen LogP contribution is 2.30. The van der Waals surface area contributed by atoms with Crippen LogP contribution in [0.15, 0.2) is 36.4 Å². The van der Waals surface area contributed by atoms with Crippen molar-refractivity contribution in [1.29, 1.82) is 0 Å². The van der Waals surface area contributed by atoms with Gasteiger partial charge in [0.1, 0.15) is 17.5 Å². The smallest absolute Gasteiger partial charge is 0.127 e. The van der Waals surface area contributed by atoms with Gasteiger partial charge in [0, 0.05) is 16.7 Å². The third-order valence-electron chi connectivity index (χ3n) is 2.69. The largest absolute Gasteiger partial charge is 0.207 e. The Balaban J connectivity index is 2.28. The fourth-order valence-corrected chi connectivity index (χ4v) is 2.30. The lowest BCUT2D eigenvalue weighted by molar-refractivity contribution is 0.577. The zero-order valence-electron chi connectivity index (χ0n) is 9.64. The molecule has 0 bridgehead atoms. The topological polar surface area (TPSA) is 0 Å².